The molecule has 21 heavy (non-hydrogen) atoms. The molecule has 0 aliphatic rings. The van der Waals surface area contributed by atoms with E-state index in [1.54, 1.807) is 19.5 Å². The Morgan fingerprint density at radius 3 is 3.00 bits per heavy atom. The highest BCUT2D eigenvalue weighted by Crippen LogP contribution is 2.16. The summed E-state index contributed by atoms with van der Waals surface area (Å²) in [7, 11) is 1.70. The highest BCUT2D eigenvalue weighted by Gasteiger charge is 2.06. The summed E-state index contributed by atoms with van der Waals surface area (Å²) in [5.74, 6) is 0.766. The van der Waals surface area contributed by atoms with E-state index < -0.39 is 0 Å². The van der Waals surface area contributed by atoms with Gasteiger partial charge in [0, 0.05) is 25.9 Å². The predicted octanol–water partition coefficient (Wildman–Crippen LogP) is 2.99. The topological polar surface area (TPSA) is 63.6 Å². The fraction of sp³-hybridized carbons (Fsp3) is 0.267. The highest BCUT2D eigenvalue weighted by atomic mass is 32.1. The quantitative estimate of drug-likeness (QED) is 0.632. The molecule has 1 aromatic carbocycles. The second-order valence-corrected chi connectivity index (χ2v) is 5.33. The number of rotatable bonds is 7. The van der Waals surface area contributed by atoms with Gasteiger partial charge in [-0.25, -0.2) is 4.98 Å². The minimum Gasteiger partial charge on any atom is -0.494 e. The number of carbonyl (C=O) groups excluding carboxylic acids is 1. The molecule has 6 heteroatoms. The van der Waals surface area contributed by atoms with Crippen LogP contribution in [0.2, 0.25) is 0 Å². The third kappa shape index (κ3) is 5.35. The Balaban J connectivity index is 1.67. The highest BCUT2D eigenvalue weighted by molar-refractivity contribution is 7.17. The lowest BCUT2D eigenvalue weighted by Crippen LogP contribution is -2.12. The van der Waals surface area contributed by atoms with Crippen LogP contribution in [0.4, 0.5) is 5.13 Å². The van der Waals surface area contributed by atoms with Crippen molar-refractivity contribution in [1.29, 1.82) is 0 Å². The molecule has 0 aliphatic heterocycles. The summed E-state index contributed by atoms with van der Waals surface area (Å²) in [4.78, 5) is 20.7. The summed E-state index contributed by atoms with van der Waals surface area (Å²) in [6.07, 6.45) is 4.46. The van der Waals surface area contributed by atoms with Crippen LogP contribution in [-0.2, 0) is 4.79 Å². The molecule has 0 fully saturated rings. The van der Waals surface area contributed by atoms with Gasteiger partial charge in [0.1, 0.15) is 5.75 Å². The fourth-order valence-corrected chi connectivity index (χ4v) is 2.41. The van der Waals surface area contributed by atoms with Gasteiger partial charge in [-0.2, -0.15) is 0 Å². The molecule has 1 N–H and O–H groups in total. The number of aromatic nitrogens is 1. The predicted molar refractivity (Wildman–Crippen MR) is 85.4 cm³/mol. The van der Waals surface area contributed by atoms with E-state index in [2.05, 4.69) is 15.3 Å². The van der Waals surface area contributed by atoms with E-state index in [0.717, 1.165) is 10.6 Å². The molecule has 0 saturated heterocycles. The van der Waals surface area contributed by atoms with Crippen molar-refractivity contribution in [2.75, 3.05) is 19.0 Å². The number of amides is 1. The van der Waals surface area contributed by atoms with Crippen LogP contribution in [0.3, 0.4) is 0 Å². The second-order valence-electron chi connectivity index (χ2n) is 4.27. The van der Waals surface area contributed by atoms with Gasteiger partial charge in [0.2, 0.25) is 5.91 Å². The Bertz CT molecular complexity index is 596. The van der Waals surface area contributed by atoms with Gasteiger partial charge in [-0.1, -0.05) is 29.5 Å². The average molecular weight is 303 g/mol. The minimum atomic E-state index is -0.0546. The largest absolute Gasteiger partial charge is 0.494 e. The third-order valence-corrected chi connectivity index (χ3v) is 3.43. The average Bonchev–Trinajstić information content (AvgIpc) is 2.92. The summed E-state index contributed by atoms with van der Waals surface area (Å²) in [5.41, 5.74) is 0. The van der Waals surface area contributed by atoms with Gasteiger partial charge in [0.25, 0.3) is 0 Å². The molecule has 0 aliphatic carbocycles. The Labute approximate surface area is 127 Å². The molecule has 2 aromatic rings. The molecular weight excluding hydrogens is 286 g/mol. The number of para-hydroxylation sites is 1. The van der Waals surface area contributed by atoms with E-state index in [-0.39, 0.29) is 5.91 Å². The smallest absolute Gasteiger partial charge is 0.226 e. The minimum absolute atomic E-state index is 0.0546. The summed E-state index contributed by atoms with van der Waals surface area (Å²) >= 11 is 1.40. The molecule has 1 amide bonds. The monoisotopic (exact) mass is 303 g/mol. The van der Waals surface area contributed by atoms with Crippen molar-refractivity contribution in [1.82, 2.24) is 4.98 Å². The first-order valence-electron chi connectivity index (χ1n) is 6.63. The third-order valence-electron chi connectivity index (χ3n) is 2.59. The van der Waals surface area contributed by atoms with Crippen LogP contribution in [0, 0.1) is 0 Å². The maximum Gasteiger partial charge on any atom is 0.226 e. The maximum atomic E-state index is 11.8. The van der Waals surface area contributed by atoms with Crippen LogP contribution in [0.15, 0.2) is 41.5 Å². The Kier molecular flexibility index (Phi) is 5.90. The molecule has 1 heterocycles. The van der Waals surface area contributed by atoms with Gasteiger partial charge in [0.15, 0.2) is 5.13 Å². The van der Waals surface area contributed by atoms with Crippen LogP contribution in [0.5, 0.6) is 5.75 Å². The summed E-state index contributed by atoms with van der Waals surface area (Å²) in [5, 5.41) is 3.37. The number of nitrogens with zero attached hydrogens (tertiary/aromatic N) is 2. The molecule has 0 atom stereocenters. The van der Waals surface area contributed by atoms with Crippen LogP contribution >= 0.6 is 11.3 Å². The SMILES string of the molecule is C/N=C\c1cnc(NC(=O)CCCOc2ccccc2)s1. The van der Waals surface area contributed by atoms with E-state index >= 15 is 0 Å². The van der Waals surface area contributed by atoms with E-state index in [1.807, 2.05) is 30.3 Å². The maximum absolute atomic E-state index is 11.8. The van der Waals surface area contributed by atoms with Gasteiger partial charge in [-0.15, -0.1) is 0 Å². The molecule has 0 spiro atoms. The zero-order valence-corrected chi connectivity index (χ0v) is 12.6. The van der Waals surface area contributed by atoms with Gasteiger partial charge in [-0.3, -0.25) is 9.79 Å². The van der Waals surface area contributed by atoms with Crippen molar-refractivity contribution in [2.24, 2.45) is 4.99 Å². The number of carbonyl (C=O) groups is 1. The summed E-state index contributed by atoms with van der Waals surface area (Å²) in [6, 6.07) is 9.56. The lowest BCUT2D eigenvalue weighted by molar-refractivity contribution is -0.116. The van der Waals surface area contributed by atoms with Gasteiger partial charge in [0.05, 0.1) is 11.5 Å². The van der Waals surface area contributed by atoms with E-state index in [0.29, 0.717) is 24.6 Å². The van der Waals surface area contributed by atoms with Crippen molar-refractivity contribution in [3.63, 3.8) is 0 Å². The first kappa shape index (κ1) is 15.2. The zero-order valence-electron chi connectivity index (χ0n) is 11.8. The van der Waals surface area contributed by atoms with Gasteiger partial charge < -0.3 is 10.1 Å². The van der Waals surface area contributed by atoms with Crippen molar-refractivity contribution in [3.05, 3.63) is 41.4 Å². The van der Waals surface area contributed by atoms with Gasteiger partial charge >= 0.3 is 0 Å². The van der Waals surface area contributed by atoms with E-state index in [4.69, 9.17) is 4.74 Å². The van der Waals surface area contributed by atoms with Crippen LogP contribution in [0.25, 0.3) is 0 Å². The molecule has 110 valence electrons. The number of anilines is 1. The lowest BCUT2D eigenvalue weighted by atomic mass is 10.3. The van der Waals surface area contributed by atoms with Gasteiger partial charge in [-0.05, 0) is 18.6 Å². The standard InChI is InChI=1S/C15H17N3O2S/c1-16-10-13-11-17-15(21-13)18-14(19)8-5-9-20-12-6-3-2-4-7-12/h2-4,6-7,10-11H,5,8-9H2,1H3,(H,17,18,19)/b16-10-. The van der Waals surface area contributed by atoms with Crippen LogP contribution in [-0.4, -0.2) is 30.8 Å². The molecule has 2 rings (SSSR count). The Hall–Kier alpha value is -2.21. The normalized spacial score (nSPS) is 10.7. The van der Waals surface area contributed by atoms with E-state index in [9.17, 15) is 4.79 Å². The van der Waals surface area contributed by atoms with Crippen molar-refractivity contribution < 1.29 is 9.53 Å². The first-order chi connectivity index (χ1) is 10.3. The molecule has 5 nitrogen and oxygen atoms in total. The zero-order chi connectivity index (χ0) is 14.9. The molecule has 0 unspecified atom stereocenters. The second kappa shape index (κ2) is 8.16. The molecule has 0 saturated carbocycles. The summed E-state index contributed by atoms with van der Waals surface area (Å²) in [6.45, 7) is 0.517. The Morgan fingerprint density at radius 1 is 1.43 bits per heavy atom. The lowest BCUT2D eigenvalue weighted by Gasteiger charge is -2.05. The van der Waals surface area contributed by atoms with Crippen molar-refractivity contribution >= 4 is 28.6 Å². The number of hydrogen-bond acceptors (Lipinski definition) is 5. The number of ether oxygens (including phenoxy) is 1. The molecule has 0 bridgehead atoms. The number of aliphatic imine (C=N–C) groups is 1. The molecule has 0 radical (unpaired) electrons. The van der Waals surface area contributed by atoms with Crippen molar-refractivity contribution in [2.45, 2.75) is 12.8 Å². The summed E-state index contributed by atoms with van der Waals surface area (Å²) < 4.78 is 5.53. The number of hydrogen-bond donors (Lipinski definition) is 1. The number of benzene rings is 1. The van der Waals surface area contributed by atoms with E-state index in [1.165, 1.54) is 11.3 Å². The Morgan fingerprint density at radius 2 is 2.24 bits per heavy atom. The number of nitrogens with one attached hydrogen (secondary N) is 1. The first-order valence-corrected chi connectivity index (χ1v) is 7.45. The van der Waals surface area contributed by atoms with Crippen LogP contribution < -0.4 is 10.1 Å². The van der Waals surface area contributed by atoms with Crippen molar-refractivity contribution in [3.8, 4) is 5.75 Å². The molecule has 1 aromatic heterocycles. The fourth-order valence-electron chi connectivity index (χ4n) is 1.65. The molecular formula is C15H17N3O2S. The number of thiazole rings is 1. The van der Waals surface area contributed by atoms with Crippen LogP contribution in [0.1, 0.15) is 17.7 Å².